The summed E-state index contributed by atoms with van der Waals surface area (Å²) >= 11 is 0. The molecule has 3 heteroatoms. The lowest BCUT2D eigenvalue weighted by Crippen LogP contribution is -2.51. The van der Waals surface area contributed by atoms with Crippen LogP contribution in [0.25, 0.3) is 0 Å². The zero-order chi connectivity index (χ0) is 11.7. The van der Waals surface area contributed by atoms with Crippen LogP contribution in [0.15, 0.2) is 22.8 Å². The summed E-state index contributed by atoms with van der Waals surface area (Å²) < 4.78 is 11.4. The number of ether oxygens (including phenoxy) is 1. The maximum absolute atomic E-state index is 5.94. The molecule has 3 nitrogen and oxygen atoms in total. The van der Waals surface area contributed by atoms with Crippen LogP contribution in [-0.4, -0.2) is 18.2 Å². The van der Waals surface area contributed by atoms with Crippen LogP contribution in [0.4, 0.5) is 0 Å². The van der Waals surface area contributed by atoms with Gasteiger partial charge in [-0.2, -0.15) is 0 Å². The van der Waals surface area contributed by atoms with Gasteiger partial charge in [-0.25, -0.2) is 0 Å². The third-order valence-corrected chi connectivity index (χ3v) is 4.21. The molecule has 2 aliphatic rings. The summed E-state index contributed by atoms with van der Waals surface area (Å²) in [4.78, 5) is 0. The van der Waals surface area contributed by atoms with E-state index in [-0.39, 0.29) is 5.60 Å². The first-order valence-corrected chi connectivity index (χ1v) is 6.71. The lowest BCUT2D eigenvalue weighted by molar-refractivity contribution is -0.136. The second-order valence-electron chi connectivity index (χ2n) is 5.48. The monoisotopic (exact) mass is 235 g/mol. The highest BCUT2D eigenvalue weighted by molar-refractivity contribution is 5.04. The highest BCUT2D eigenvalue weighted by Gasteiger charge is 2.42. The number of hydrogen-bond acceptors (Lipinski definition) is 3. The smallest absolute Gasteiger partial charge is 0.120 e. The number of furan rings is 1. The fraction of sp³-hybridized carbons (Fsp3) is 0.714. The maximum Gasteiger partial charge on any atom is 0.120 e. The predicted octanol–water partition coefficient (Wildman–Crippen LogP) is 3.03. The molecule has 1 saturated carbocycles. The predicted molar refractivity (Wildman–Crippen MR) is 65.8 cm³/mol. The largest absolute Gasteiger partial charge is 0.468 e. The van der Waals surface area contributed by atoms with E-state index in [1.54, 1.807) is 6.26 Å². The molecule has 0 radical (unpaired) electrons. The zero-order valence-electron chi connectivity index (χ0n) is 10.4. The topological polar surface area (TPSA) is 34.4 Å². The Balaban J connectivity index is 1.58. The van der Waals surface area contributed by atoms with Crippen molar-refractivity contribution in [2.24, 2.45) is 0 Å². The molecule has 0 bridgehead atoms. The van der Waals surface area contributed by atoms with Gasteiger partial charge in [0.2, 0.25) is 0 Å². The number of rotatable bonds is 3. The van der Waals surface area contributed by atoms with Crippen LogP contribution in [0.1, 0.15) is 50.8 Å². The standard InChI is InChI=1S/C14H21NO2/c1-11(13-4-2-8-16-13)15-12-5-9-17-14(10-12)6-3-7-14/h2,4,8,11-12,15H,3,5-7,9-10H2,1H3/t11-,12?/m0/s1. The Morgan fingerprint density at radius 1 is 1.47 bits per heavy atom. The normalized spacial score (nSPS) is 28.9. The van der Waals surface area contributed by atoms with Crippen molar-refractivity contribution in [2.75, 3.05) is 6.61 Å². The minimum atomic E-state index is 0.221. The molecule has 0 aromatic carbocycles. The quantitative estimate of drug-likeness (QED) is 0.874. The summed E-state index contributed by atoms with van der Waals surface area (Å²) in [6, 6.07) is 4.86. The van der Waals surface area contributed by atoms with Gasteiger partial charge in [-0.1, -0.05) is 0 Å². The second-order valence-corrected chi connectivity index (χ2v) is 5.48. The van der Waals surface area contributed by atoms with E-state index in [4.69, 9.17) is 9.15 Å². The van der Waals surface area contributed by atoms with Crippen molar-refractivity contribution >= 4 is 0 Å². The molecule has 2 atom stereocenters. The molecule has 1 spiro atoms. The van der Waals surface area contributed by atoms with E-state index in [1.165, 1.54) is 19.3 Å². The highest BCUT2D eigenvalue weighted by atomic mass is 16.5. The summed E-state index contributed by atoms with van der Waals surface area (Å²) in [5.74, 6) is 1.03. The van der Waals surface area contributed by atoms with Gasteiger partial charge in [0.05, 0.1) is 17.9 Å². The Kier molecular flexibility index (Phi) is 2.97. The van der Waals surface area contributed by atoms with Crippen molar-refractivity contribution in [3.05, 3.63) is 24.2 Å². The second kappa shape index (κ2) is 4.46. The van der Waals surface area contributed by atoms with Crippen LogP contribution in [0.3, 0.4) is 0 Å². The Labute approximate surface area is 103 Å². The molecule has 17 heavy (non-hydrogen) atoms. The summed E-state index contributed by atoms with van der Waals surface area (Å²) in [5.41, 5.74) is 0.221. The van der Waals surface area contributed by atoms with Gasteiger partial charge in [-0.05, 0) is 51.2 Å². The molecular weight excluding hydrogens is 214 g/mol. The van der Waals surface area contributed by atoms with Crippen molar-refractivity contribution in [1.29, 1.82) is 0 Å². The first-order chi connectivity index (χ1) is 8.27. The molecule has 1 N–H and O–H groups in total. The average Bonchev–Trinajstić information content (AvgIpc) is 2.81. The van der Waals surface area contributed by atoms with E-state index in [2.05, 4.69) is 12.2 Å². The molecule has 3 rings (SSSR count). The molecule has 2 fully saturated rings. The van der Waals surface area contributed by atoms with Gasteiger partial charge in [0.15, 0.2) is 0 Å². The zero-order valence-corrected chi connectivity index (χ0v) is 10.4. The highest BCUT2D eigenvalue weighted by Crippen LogP contribution is 2.42. The van der Waals surface area contributed by atoms with E-state index < -0.39 is 0 Å². The van der Waals surface area contributed by atoms with Gasteiger partial charge in [0, 0.05) is 12.6 Å². The van der Waals surface area contributed by atoms with Gasteiger partial charge in [-0.15, -0.1) is 0 Å². The van der Waals surface area contributed by atoms with E-state index in [1.807, 2.05) is 12.1 Å². The van der Waals surface area contributed by atoms with Gasteiger partial charge in [0.1, 0.15) is 5.76 Å². The Morgan fingerprint density at radius 3 is 3.00 bits per heavy atom. The number of nitrogens with one attached hydrogen (secondary N) is 1. The van der Waals surface area contributed by atoms with Crippen molar-refractivity contribution in [3.8, 4) is 0 Å². The molecule has 1 aliphatic heterocycles. The Morgan fingerprint density at radius 2 is 2.35 bits per heavy atom. The number of hydrogen-bond donors (Lipinski definition) is 1. The molecule has 0 amide bonds. The third kappa shape index (κ3) is 2.26. The van der Waals surface area contributed by atoms with Crippen LogP contribution in [0.2, 0.25) is 0 Å². The Bertz CT molecular complexity index is 356. The lowest BCUT2D eigenvalue weighted by Gasteiger charge is -2.47. The molecule has 1 aliphatic carbocycles. The van der Waals surface area contributed by atoms with E-state index in [0.29, 0.717) is 12.1 Å². The molecule has 94 valence electrons. The molecule has 1 aromatic rings. The van der Waals surface area contributed by atoms with Crippen LogP contribution in [0, 0.1) is 0 Å². The molecule has 2 heterocycles. The third-order valence-electron chi connectivity index (χ3n) is 4.21. The van der Waals surface area contributed by atoms with E-state index in [9.17, 15) is 0 Å². The Hall–Kier alpha value is -0.800. The summed E-state index contributed by atoms with van der Waals surface area (Å²) in [6.07, 6.45) is 7.86. The SMILES string of the molecule is C[C@H](NC1CCOC2(CCC2)C1)c1ccco1. The first-order valence-electron chi connectivity index (χ1n) is 6.71. The lowest BCUT2D eigenvalue weighted by atomic mass is 9.74. The summed E-state index contributed by atoms with van der Waals surface area (Å²) in [6.45, 7) is 3.07. The minimum absolute atomic E-state index is 0.221. The average molecular weight is 235 g/mol. The van der Waals surface area contributed by atoms with Crippen LogP contribution < -0.4 is 5.32 Å². The van der Waals surface area contributed by atoms with Gasteiger partial charge < -0.3 is 14.5 Å². The van der Waals surface area contributed by atoms with Crippen LogP contribution >= 0.6 is 0 Å². The molecule has 1 unspecified atom stereocenters. The van der Waals surface area contributed by atoms with Gasteiger partial charge >= 0.3 is 0 Å². The fourth-order valence-electron chi connectivity index (χ4n) is 3.06. The van der Waals surface area contributed by atoms with Crippen molar-refractivity contribution in [1.82, 2.24) is 5.32 Å². The van der Waals surface area contributed by atoms with E-state index >= 15 is 0 Å². The van der Waals surface area contributed by atoms with Crippen LogP contribution in [0.5, 0.6) is 0 Å². The fourth-order valence-corrected chi connectivity index (χ4v) is 3.06. The molecule has 1 saturated heterocycles. The van der Waals surface area contributed by atoms with Crippen molar-refractivity contribution in [2.45, 2.75) is 56.7 Å². The molecular formula is C14H21NO2. The summed E-state index contributed by atoms with van der Waals surface area (Å²) in [7, 11) is 0. The molecule has 1 aromatic heterocycles. The first kappa shape index (κ1) is 11.3. The van der Waals surface area contributed by atoms with Crippen molar-refractivity contribution in [3.63, 3.8) is 0 Å². The van der Waals surface area contributed by atoms with Gasteiger partial charge in [-0.3, -0.25) is 0 Å². The van der Waals surface area contributed by atoms with Gasteiger partial charge in [0.25, 0.3) is 0 Å². The minimum Gasteiger partial charge on any atom is -0.468 e. The summed E-state index contributed by atoms with van der Waals surface area (Å²) in [5, 5.41) is 3.67. The van der Waals surface area contributed by atoms with Crippen LogP contribution in [-0.2, 0) is 4.74 Å². The maximum atomic E-state index is 5.94. The van der Waals surface area contributed by atoms with E-state index in [0.717, 1.165) is 25.2 Å². The van der Waals surface area contributed by atoms with Crippen molar-refractivity contribution < 1.29 is 9.15 Å².